The number of hydrogen-bond acceptors (Lipinski definition) is 5. The van der Waals surface area contributed by atoms with Crippen LogP contribution < -0.4 is 14.9 Å². The highest BCUT2D eigenvalue weighted by atomic mass is 19.1. The van der Waals surface area contributed by atoms with Crippen LogP contribution in [-0.2, 0) is 4.79 Å². The molecule has 1 unspecified atom stereocenters. The number of ether oxygens (including phenoxy) is 2. The molecule has 6 nitrogen and oxygen atoms in total. The Morgan fingerprint density at radius 3 is 2.00 bits per heavy atom. The van der Waals surface area contributed by atoms with E-state index in [-0.39, 0.29) is 30.1 Å². The van der Waals surface area contributed by atoms with Crippen LogP contribution in [0.5, 0.6) is 11.5 Å². The third kappa shape index (κ3) is 8.91. The fourth-order valence-electron chi connectivity index (χ4n) is 3.46. The Morgan fingerprint density at radius 2 is 1.47 bits per heavy atom. The average Bonchev–Trinajstić information content (AvgIpc) is 2.83. The third-order valence-electron chi connectivity index (χ3n) is 5.42. The quantitative estimate of drug-likeness (QED) is 0.582. The Hall–Kier alpha value is -2.71. The van der Waals surface area contributed by atoms with Gasteiger partial charge in [0, 0.05) is 50.8 Å². The van der Waals surface area contributed by atoms with Crippen molar-refractivity contribution in [3.05, 3.63) is 59.2 Å². The topological polar surface area (TPSA) is 54.0 Å². The van der Waals surface area contributed by atoms with Gasteiger partial charge in [-0.05, 0) is 37.1 Å². The Kier molecular flexibility index (Phi) is 11.2. The summed E-state index contributed by atoms with van der Waals surface area (Å²) >= 11 is 0. The van der Waals surface area contributed by atoms with E-state index >= 15 is 0 Å². The maximum atomic E-state index is 13.6. The molecular weight excluding hydrogens is 440 g/mol. The van der Waals surface area contributed by atoms with Crippen LogP contribution in [0.15, 0.2) is 36.4 Å². The van der Waals surface area contributed by atoms with Crippen LogP contribution in [0.1, 0.15) is 31.9 Å². The van der Waals surface area contributed by atoms with E-state index in [0.717, 1.165) is 19.6 Å². The lowest BCUT2D eigenvalue weighted by Gasteiger charge is -2.35. The number of hydrogen-bond donors (Lipinski definition) is 1. The van der Waals surface area contributed by atoms with Crippen LogP contribution in [0.25, 0.3) is 0 Å². The van der Waals surface area contributed by atoms with Crippen molar-refractivity contribution in [3.8, 4) is 11.5 Å². The monoisotopic (exact) mass is 477 g/mol. The highest BCUT2D eigenvalue weighted by Gasteiger charge is 2.20. The number of carbonyl (C=O) groups excluding carboxylic acids is 1. The van der Waals surface area contributed by atoms with Gasteiger partial charge in [0.25, 0.3) is 5.91 Å². The zero-order valence-corrected chi connectivity index (χ0v) is 20.9. The molecule has 34 heavy (non-hydrogen) atoms. The molecule has 2 aromatic rings. The normalized spacial score (nSPS) is 15.1. The average molecular weight is 478 g/mol. The predicted molar refractivity (Wildman–Crippen MR) is 130 cm³/mol. The molecule has 0 aromatic heterocycles. The van der Waals surface area contributed by atoms with Gasteiger partial charge in [-0.3, -0.25) is 10.2 Å². The second-order valence-electron chi connectivity index (χ2n) is 8.35. The van der Waals surface area contributed by atoms with Crippen LogP contribution >= 0.6 is 0 Å². The zero-order valence-electron chi connectivity index (χ0n) is 20.9. The summed E-state index contributed by atoms with van der Waals surface area (Å²) in [5.74, 6) is 0.269. The van der Waals surface area contributed by atoms with Crippen LogP contribution in [-0.4, -0.2) is 61.8 Å². The first-order chi connectivity index (χ1) is 16.3. The van der Waals surface area contributed by atoms with Crippen LogP contribution in [0, 0.1) is 31.4 Å². The molecular formula is C26H37F2N3O3. The molecule has 1 amide bonds. The fraction of sp³-hybridized carbons (Fsp3) is 0.500. The number of amides is 1. The Balaban J connectivity index is 0.00000199. The van der Waals surface area contributed by atoms with Gasteiger partial charge >= 0.3 is 0 Å². The van der Waals surface area contributed by atoms with Crippen molar-refractivity contribution in [1.82, 2.24) is 15.3 Å². The van der Waals surface area contributed by atoms with E-state index in [1.807, 2.05) is 18.9 Å². The number of nitrogens with zero attached hydrogens (tertiary/aromatic N) is 2. The number of carbonyl (C=O) groups is 1. The summed E-state index contributed by atoms with van der Waals surface area (Å²) in [6.45, 7) is 13.7. The highest BCUT2D eigenvalue weighted by Crippen LogP contribution is 2.17. The highest BCUT2D eigenvalue weighted by molar-refractivity contribution is 5.77. The maximum Gasteiger partial charge on any atom is 0.272 e. The first kappa shape index (κ1) is 27.5. The molecule has 0 radical (unpaired) electrons. The molecule has 1 aliphatic heterocycles. The third-order valence-corrected chi connectivity index (χ3v) is 5.42. The molecule has 1 heterocycles. The summed E-state index contributed by atoms with van der Waals surface area (Å²) in [5, 5.41) is 1.87. The molecule has 8 heteroatoms. The van der Waals surface area contributed by atoms with Crippen molar-refractivity contribution in [2.45, 2.75) is 34.6 Å². The zero-order chi connectivity index (χ0) is 25.1. The molecule has 0 bridgehead atoms. The minimum atomic E-state index is -0.357. The number of rotatable bonds is 9. The van der Waals surface area contributed by atoms with Crippen LogP contribution in [0.4, 0.5) is 8.78 Å². The molecule has 0 saturated carbocycles. The minimum absolute atomic E-state index is 0.170. The number of nitrogens with one attached hydrogen (secondary N) is 1. The number of piperazine rings is 1. The van der Waals surface area contributed by atoms with Crippen LogP contribution in [0.2, 0.25) is 0 Å². The Morgan fingerprint density at radius 1 is 0.941 bits per heavy atom. The van der Waals surface area contributed by atoms with Crippen molar-refractivity contribution >= 4 is 5.91 Å². The summed E-state index contributed by atoms with van der Waals surface area (Å²) in [5.41, 5.74) is 3.97. The van der Waals surface area contributed by atoms with Gasteiger partial charge in [0.15, 0.2) is 6.61 Å². The van der Waals surface area contributed by atoms with Gasteiger partial charge in [0.2, 0.25) is 0 Å². The molecule has 2 aromatic carbocycles. The Bertz CT molecular complexity index is 918. The van der Waals surface area contributed by atoms with E-state index in [1.165, 1.54) is 12.1 Å². The first-order valence-corrected chi connectivity index (χ1v) is 11.8. The molecule has 1 fully saturated rings. The van der Waals surface area contributed by atoms with Gasteiger partial charge in [-0.25, -0.2) is 13.8 Å². The van der Waals surface area contributed by atoms with E-state index in [4.69, 9.17) is 9.47 Å². The summed E-state index contributed by atoms with van der Waals surface area (Å²) in [6, 6.07) is 9.46. The van der Waals surface area contributed by atoms with E-state index in [0.29, 0.717) is 42.3 Å². The number of aryl methyl sites for hydroxylation is 2. The first-order valence-electron chi connectivity index (χ1n) is 11.8. The molecule has 3 rings (SSSR count). The van der Waals surface area contributed by atoms with Gasteiger partial charge in [-0.2, -0.15) is 0 Å². The largest absolute Gasteiger partial charge is 0.493 e. The standard InChI is InChI=1S/C24H31F2N3O3.C2H6/c1-17(15-31-20-6-4-18(2)22(25)12-20)14-28-8-10-29(11-9-28)27-24(30)16-32-21-7-5-19(3)23(26)13-21;1-2/h4-7,12-13,17H,8-11,14-16H2,1-3H3,(H,27,30);1-2H3. The van der Waals surface area contributed by atoms with Gasteiger partial charge in [-0.15, -0.1) is 0 Å². The van der Waals surface area contributed by atoms with E-state index < -0.39 is 0 Å². The molecule has 0 spiro atoms. The maximum absolute atomic E-state index is 13.6. The molecule has 188 valence electrons. The number of halogens is 2. The van der Waals surface area contributed by atoms with Crippen molar-refractivity contribution in [2.75, 3.05) is 45.9 Å². The fourth-order valence-corrected chi connectivity index (χ4v) is 3.46. The second kappa shape index (κ2) is 13.9. The predicted octanol–water partition coefficient (Wildman–Crippen LogP) is 4.35. The smallest absolute Gasteiger partial charge is 0.272 e. The summed E-state index contributed by atoms with van der Waals surface area (Å²) in [4.78, 5) is 14.4. The van der Waals surface area contributed by atoms with Gasteiger partial charge < -0.3 is 14.4 Å². The van der Waals surface area contributed by atoms with E-state index in [1.54, 1.807) is 38.1 Å². The Labute approximate surface area is 201 Å². The van der Waals surface area contributed by atoms with Gasteiger partial charge in [0.05, 0.1) is 6.61 Å². The van der Waals surface area contributed by atoms with Crippen molar-refractivity contribution in [2.24, 2.45) is 5.92 Å². The molecule has 1 aliphatic rings. The summed E-state index contributed by atoms with van der Waals surface area (Å²) in [7, 11) is 0. The van der Waals surface area contributed by atoms with Crippen molar-refractivity contribution in [3.63, 3.8) is 0 Å². The minimum Gasteiger partial charge on any atom is -0.493 e. The number of benzene rings is 2. The van der Waals surface area contributed by atoms with Crippen LogP contribution in [0.3, 0.4) is 0 Å². The van der Waals surface area contributed by atoms with Crippen molar-refractivity contribution < 1.29 is 23.0 Å². The molecule has 0 aliphatic carbocycles. The lowest BCUT2D eigenvalue weighted by atomic mass is 10.1. The second-order valence-corrected chi connectivity index (χ2v) is 8.35. The van der Waals surface area contributed by atoms with E-state index in [9.17, 15) is 13.6 Å². The molecule has 1 atom stereocenters. The molecule has 1 N–H and O–H groups in total. The lowest BCUT2D eigenvalue weighted by Crippen LogP contribution is -2.55. The molecule has 1 saturated heterocycles. The lowest BCUT2D eigenvalue weighted by molar-refractivity contribution is -0.128. The summed E-state index contributed by atoms with van der Waals surface area (Å²) in [6.07, 6.45) is 0. The van der Waals surface area contributed by atoms with Gasteiger partial charge in [0.1, 0.15) is 23.1 Å². The number of hydrazine groups is 1. The van der Waals surface area contributed by atoms with E-state index in [2.05, 4.69) is 17.2 Å². The SMILES string of the molecule is CC.Cc1ccc(OCC(=O)NN2CCN(CC(C)COc3ccc(C)c(F)c3)CC2)cc1F. The van der Waals surface area contributed by atoms with Gasteiger partial charge in [-0.1, -0.05) is 32.9 Å². The van der Waals surface area contributed by atoms with Crippen molar-refractivity contribution in [1.29, 1.82) is 0 Å². The summed E-state index contributed by atoms with van der Waals surface area (Å²) < 4.78 is 38.3.